The van der Waals surface area contributed by atoms with Crippen LogP contribution in [0.3, 0.4) is 0 Å². The maximum Gasteiger partial charge on any atom is 0.251 e. The number of nitrogens with one attached hydrogen (secondary N) is 1. The molecule has 3 aromatic carbocycles. The smallest absolute Gasteiger partial charge is 0.251 e. The van der Waals surface area contributed by atoms with Gasteiger partial charge in [0.2, 0.25) is 0 Å². The van der Waals surface area contributed by atoms with Crippen molar-refractivity contribution in [2.24, 2.45) is 0 Å². The van der Waals surface area contributed by atoms with Crippen LogP contribution in [0, 0.1) is 0 Å². The molecule has 0 aliphatic carbocycles. The van der Waals surface area contributed by atoms with Gasteiger partial charge in [-0.2, -0.15) is 0 Å². The van der Waals surface area contributed by atoms with E-state index in [0.717, 1.165) is 16.8 Å². The molecule has 0 aliphatic heterocycles. The largest absolute Gasteiger partial charge is 0.342 e. The molecule has 0 spiro atoms. The van der Waals surface area contributed by atoms with Gasteiger partial charge in [0.15, 0.2) is 5.78 Å². The van der Waals surface area contributed by atoms with Crippen LogP contribution in [0.4, 0.5) is 0 Å². The Morgan fingerprint density at radius 2 is 1.55 bits per heavy atom. The SMILES string of the molecule is O=C(NC(Cc1ccccc1)C(=O)Cc1ccccc1-n1cnnn1)c1ccccc1. The number of carbonyl (C=O) groups excluding carboxylic acids is 2. The summed E-state index contributed by atoms with van der Waals surface area (Å²) < 4.78 is 1.53. The van der Waals surface area contributed by atoms with Gasteiger partial charge in [-0.3, -0.25) is 9.59 Å². The molecular weight excluding hydrogens is 390 g/mol. The van der Waals surface area contributed by atoms with Crippen LogP contribution < -0.4 is 5.32 Å². The molecule has 31 heavy (non-hydrogen) atoms. The third-order valence-corrected chi connectivity index (χ3v) is 4.96. The van der Waals surface area contributed by atoms with Gasteiger partial charge in [0.1, 0.15) is 6.33 Å². The van der Waals surface area contributed by atoms with E-state index >= 15 is 0 Å². The van der Waals surface area contributed by atoms with E-state index in [1.807, 2.05) is 60.7 Å². The summed E-state index contributed by atoms with van der Waals surface area (Å²) in [6.45, 7) is 0. The summed E-state index contributed by atoms with van der Waals surface area (Å²) in [5, 5.41) is 14.2. The number of tetrazole rings is 1. The number of ketones is 1. The average molecular weight is 411 g/mol. The summed E-state index contributed by atoms with van der Waals surface area (Å²) in [5.41, 5.74) is 3.01. The number of aromatic nitrogens is 4. The molecular formula is C24H21N5O2. The molecule has 0 aliphatic rings. The summed E-state index contributed by atoms with van der Waals surface area (Å²) >= 11 is 0. The van der Waals surface area contributed by atoms with Crippen molar-refractivity contribution in [3.63, 3.8) is 0 Å². The molecule has 0 radical (unpaired) electrons. The Morgan fingerprint density at radius 3 is 2.26 bits per heavy atom. The number of benzene rings is 3. The monoisotopic (exact) mass is 411 g/mol. The highest BCUT2D eigenvalue weighted by atomic mass is 16.2. The highest BCUT2D eigenvalue weighted by Gasteiger charge is 2.23. The second-order valence-corrected chi connectivity index (χ2v) is 7.11. The minimum absolute atomic E-state index is 0.0892. The van der Waals surface area contributed by atoms with E-state index in [2.05, 4.69) is 20.8 Å². The van der Waals surface area contributed by atoms with Gasteiger partial charge in [-0.05, 0) is 46.2 Å². The minimum Gasteiger partial charge on any atom is -0.342 e. The third kappa shape index (κ3) is 5.08. The molecule has 154 valence electrons. The Balaban J connectivity index is 1.58. The molecule has 1 amide bonds. The fourth-order valence-electron chi connectivity index (χ4n) is 3.39. The molecule has 0 fully saturated rings. The molecule has 0 saturated heterocycles. The van der Waals surface area contributed by atoms with Crippen molar-refractivity contribution in [1.29, 1.82) is 0 Å². The maximum atomic E-state index is 13.3. The fraction of sp³-hybridized carbons (Fsp3) is 0.125. The highest BCUT2D eigenvalue weighted by Crippen LogP contribution is 2.16. The Bertz CT molecular complexity index is 1150. The van der Waals surface area contributed by atoms with Crippen LogP contribution in [0.1, 0.15) is 21.5 Å². The quantitative estimate of drug-likeness (QED) is 0.482. The van der Waals surface area contributed by atoms with Crippen LogP contribution >= 0.6 is 0 Å². The van der Waals surface area contributed by atoms with E-state index < -0.39 is 6.04 Å². The lowest BCUT2D eigenvalue weighted by molar-refractivity contribution is -0.120. The number of amides is 1. The summed E-state index contributed by atoms with van der Waals surface area (Å²) in [6, 6.07) is 25.3. The number of Topliss-reactive ketones (excluding diaryl/α,β-unsaturated/α-hetero) is 1. The molecule has 0 saturated carbocycles. The highest BCUT2D eigenvalue weighted by molar-refractivity contribution is 5.98. The van der Waals surface area contributed by atoms with Gasteiger partial charge in [-0.15, -0.1) is 5.10 Å². The van der Waals surface area contributed by atoms with Crippen molar-refractivity contribution in [1.82, 2.24) is 25.5 Å². The van der Waals surface area contributed by atoms with Gasteiger partial charge in [0.25, 0.3) is 5.91 Å². The van der Waals surface area contributed by atoms with Crippen molar-refractivity contribution in [3.05, 3.63) is 108 Å². The van der Waals surface area contributed by atoms with E-state index in [1.165, 1.54) is 11.0 Å². The zero-order valence-electron chi connectivity index (χ0n) is 16.8. The van der Waals surface area contributed by atoms with Crippen LogP contribution in [0.5, 0.6) is 0 Å². The molecule has 4 rings (SSSR count). The first-order chi connectivity index (χ1) is 15.2. The first kappa shape index (κ1) is 20.2. The Morgan fingerprint density at radius 1 is 0.871 bits per heavy atom. The lowest BCUT2D eigenvalue weighted by Gasteiger charge is -2.19. The minimum atomic E-state index is -0.669. The average Bonchev–Trinajstić information content (AvgIpc) is 3.35. The maximum absolute atomic E-state index is 13.3. The molecule has 1 N–H and O–H groups in total. The molecule has 4 aromatic rings. The predicted octanol–water partition coefficient (Wildman–Crippen LogP) is 2.82. The predicted molar refractivity (Wildman–Crippen MR) is 116 cm³/mol. The number of rotatable bonds is 8. The van der Waals surface area contributed by atoms with Crippen LogP contribution in [0.25, 0.3) is 5.69 Å². The molecule has 7 nitrogen and oxygen atoms in total. The molecule has 1 aromatic heterocycles. The Labute approximate surface area is 179 Å². The van der Waals surface area contributed by atoms with Gasteiger partial charge in [0.05, 0.1) is 11.7 Å². The van der Waals surface area contributed by atoms with E-state index in [4.69, 9.17) is 0 Å². The van der Waals surface area contributed by atoms with E-state index in [0.29, 0.717) is 12.0 Å². The topological polar surface area (TPSA) is 89.8 Å². The normalized spacial score (nSPS) is 11.6. The zero-order valence-corrected chi connectivity index (χ0v) is 16.8. The molecule has 0 bridgehead atoms. The van der Waals surface area contributed by atoms with Crippen LogP contribution in [-0.2, 0) is 17.6 Å². The number of nitrogens with zero attached hydrogens (tertiary/aromatic N) is 4. The second-order valence-electron chi connectivity index (χ2n) is 7.11. The van der Waals surface area contributed by atoms with Crippen molar-refractivity contribution >= 4 is 11.7 Å². The van der Waals surface area contributed by atoms with Crippen molar-refractivity contribution < 1.29 is 9.59 Å². The van der Waals surface area contributed by atoms with E-state index in [9.17, 15) is 9.59 Å². The van der Waals surface area contributed by atoms with E-state index in [-0.39, 0.29) is 18.1 Å². The van der Waals surface area contributed by atoms with Crippen LogP contribution in [0.2, 0.25) is 0 Å². The van der Waals surface area contributed by atoms with Crippen molar-refractivity contribution in [3.8, 4) is 5.69 Å². The van der Waals surface area contributed by atoms with Gasteiger partial charge in [-0.1, -0.05) is 66.7 Å². The molecule has 1 heterocycles. The van der Waals surface area contributed by atoms with Gasteiger partial charge < -0.3 is 5.32 Å². The molecule has 1 atom stereocenters. The van der Waals surface area contributed by atoms with Crippen LogP contribution in [-0.4, -0.2) is 37.9 Å². The number of carbonyl (C=O) groups is 2. The standard InChI is InChI=1S/C24H21N5O2/c30-23(16-20-13-7-8-14-22(20)29-17-25-27-28-29)21(15-18-9-3-1-4-10-18)26-24(31)19-11-5-2-6-12-19/h1-14,17,21H,15-16H2,(H,26,31). The first-order valence-electron chi connectivity index (χ1n) is 9.94. The van der Waals surface area contributed by atoms with Crippen LogP contribution in [0.15, 0.2) is 91.3 Å². The molecule has 7 heteroatoms. The molecule has 1 unspecified atom stereocenters. The second kappa shape index (κ2) is 9.58. The number of hydrogen-bond acceptors (Lipinski definition) is 5. The number of hydrogen-bond donors (Lipinski definition) is 1. The Kier molecular flexibility index (Phi) is 6.23. The van der Waals surface area contributed by atoms with Gasteiger partial charge in [0, 0.05) is 12.0 Å². The Hall–Kier alpha value is -4.13. The first-order valence-corrected chi connectivity index (χ1v) is 9.94. The zero-order chi connectivity index (χ0) is 21.5. The van der Waals surface area contributed by atoms with Gasteiger partial charge >= 0.3 is 0 Å². The summed E-state index contributed by atoms with van der Waals surface area (Å²) in [6.07, 6.45) is 2.04. The summed E-state index contributed by atoms with van der Waals surface area (Å²) in [7, 11) is 0. The number of para-hydroxylation sites is 1. The van der Waals surface area contributed by atoms with Gasteiger partial charge in [-0.25, -0.2) is 4.68 Å². The summed E-state index contributed by atoms with van der Waals surface area (Å²) in [4.78, 5) is 26.1. The lowest BCUT2D eigenvalue weighted by Crippen LogP contribution is -2.43. The summed E-state index contributed by atoms with van der Waals surface area (Å²) in [5.74, 6) is -0.364. The fourth-order valence-corrected chi connectivity index (χ4v) is 3.39. The van der Waals surface area contributed by atoms with E-state index in [1.54, 1.807) is 24.3 Å². The third-order valence-electron chi connectivity index (χ3n) is 4.96. The lowest BCUT2D eigenvalue weighted by atomic mass is 9.96. The van der Waals surface area contributed by atoms with Crippen molar-refractivity contribution in [2.45, 2.75) is 18.9 Å². The van der Waals surface area contributed by atoms with Crippen molar-refractivity contribution in [2.75, 3.05) is 0 Å².